The van der Waals surface area contributed by atoms with Crippen molar-refractivity contribution in [3.63, 3.8) is 0 Å². The summed E-state index contributed by atoms with van der Waals surface area (Å²) in [5.74, 6) is 0. The van der Waals surface area contributed by atoms with Crippen LogP contribution in [0.5, 0.6) is 0 Å². The number of halogens is 3. The molecule has 0 bridgehead atoms. The Labute approximate surface area is 139 Å². The fourth-order valence-corrected chi connectivity index (χ4v) is 3.06. The fraction of sp³-hybridized carbons (Fsp3) is 0.389. The number of hydrogen-bond donors (Lipinski definition) is 1. The number of rotatable bonds is 4. The van der Waals surface area contributed by atoms with Crippen molar-refractivity contribution in [1.82, 2.24) is 15.2 Å². The Bertz CT molecular complexity index is 635. The molecule has 0 radical (unpaired) electrons. The molecule has 1 unspecified atom stereocenters. The molecular weight excluding hydrogens is 315 g/mol. The smallest absolute Gasteiger partial charge is 0.314 e. The van der Waals surface area contributed by atoms with Crippen molar-refractivity contribution < 1.29 is 13.2 Å². The summed E-state index contributed by atoms with van der Waals surface area (Å²) < 4.78 is 38.4. The van der Waals surface area contributed by atoms with Crippen LogP contribution in [0.1, 0.15) is 22.9 Å². The number of nitrogens with one attached hydrogen (secondary N) is 1. The molecular formula is C18H20F3N3. The summed E-state index contributed by atoms with van der Waals surface area (Å²) in [5, 5.41) is 3.31. The van der Waals surface area contributed by atoms with Gasteiger partial charge in [0.2, 0.25) is 0 Å². The predicted molar refractivity (Wildman–Crippen MR) is 86.6 cm³/mol. The van der Waals surface area contributed by atoms with Gasteiger partial charge in [0.15, 0.2) is 0 Å². The molecule has 6 heteroatoms. The van der Waals surface area contributed by atoms with Crippen molar-refractivity contribution in [3.8, 4) is 0 Å². The van der Waals surface area contributed by atoms with Crippen molar-refractivity contribution >= 4 is 0 Å². The minimum Gasteiger partial charge on any atom is -0.314 e. The highest BCUT2D eigenvalue weighted by Gasteiger charge is 2.31. The summed E-state index contributed by atoms with van der Waals surface area (Å²) >= 11 is 0. The van der Waals surface area contributed by atoms with E-state index in [2.05, 4.69) is 15.2 Å². The fourth-order valence-electron chi connectivity index (χ4n) is 3.06. The van der Waals surface area contributed by atoms with E-state index in [0.29, 0.717) is 6.42 Å². The van der Waals surface area contributed by atoms with Gasteiger partial charge in [-0.1, -0.05) is 18.2 Å². The molecule has 1 aliphatic rings. The van der Waals surface area contributed by atoms with Crippen LogP contribution in [0.2, 0.25) is 0 Å². The number of pyridine rings is 1. The average molecular weight is 335 g/mol. The lowest BCUT2D eigenvalue weighted by molar-refractivity contribution is -0.137. The number of aromatic nitrogens is 1. The Hall–Kier alpha value is -1.92. The maximum Gasteiger partial charge on any atom is 0.416 e. The van der Waals surface area contributed by atoms with Gasteiger partial charge in [0.25, 0.3) is 0 Å². The molecule has 2 aromatic rings. The van der Waals surface area contributed by atoms with E-state index in [0.717, 1.165) is 37.4 Å². The van der Waals surface area contributed by atoms with Gasteiger partial charge in [0.05, 0.1) is 5.56 Å². The molecule has 3 rings (SSSR count). The molecule has 0 amide bonds. The van der Waals surface area contributed by atoms with Crippen LogP contribution in [0.3, 0.4) is 0 Å². The molecule has 1 fully saturated rings. The Balaban J connectivity index is 1.85. The molecule has 0 aliphatic carbocycles. The lowest BCUT2D eigenvalue weighted by Gasteiger charge is -2.35. The van der Waals surface area contributed by atoms with E-state index < -0.39 is 11.7 Å². The molecule has 1 atom stereocenters. The minimum absolute atomic E-state index is 0.0317. The predicted octanol–water partition coefficient (Wildman–Crippen LogP) is 3.29. The normalized spacial score (nSPS) is 17.6. The van der Waals surface area contributed by atoms with E-state index in [9.17, 15) is 13.2 Å². The molecule has 1 aromatic carbocycles. The number of hydrogen-bond acceptors (Lipinski definition) is 3. The molecule has 2 heterocycles. The molecule has 1 aromatic heterocycles. The second-order valence-corrected chi connectivity index (χ2v) is 5.95. The zero-order chi connectivity index (χ0) is 17.0. The van der Waals surface area contributed by atoms with Crippen molar-refractivity contribution in [2.24, 2.45) is 0 Å². The zero-order valence-electron chi connectivity index (χ0n) is 13.3. The zero-order valence-corrected chi connectivity index (χ0v) is 13.3. The third-order valence-corrected chi connectivity index (χ3v) is 4.34. The second-order valence-electron chi connectivity index (χ2n) is 5.95. The third-order valence-electron chi connectivity index (χ3n) is 4.34. The summed E-state index contributed by atoms with van der Waals surface area (Å²) in [4.78, 5) is 6.69. The van der Waals surface area contributed by atoms with Crippen LogP contribution in [-0.2, 0) is 12.6 Å². The number of benzene rings is 1. The third kappa shape index (κ3) is 4.13. The summed E-state index contributed by atoms with van der Waals surface area (Å²) in [7, 11) is 0. The van der Waals surface area contributed by atoms with E-state index in [4.69, 9.17) is 0 Å². The van der Waals surface area contributed by atoms with Gasteiger partial charge < -0.3 is 5.32 Å². The molecule has 3 nitrogen and oxygen atoms in total. The van der Waals surface area contributed by atoms with Gasteiger partial charge >= 0.3 is 6.18 Å². The van der Waals surface area contributed by atoms with Crippen LogP contribution < -0.4 is 5.32 Å². The van der Waals surface area contributed by atoms with Gasteiger partial charge in [-0.3, -0.25) is 9.88 Å². The molecule has 0 saturated carbocycles. The van der Waals surface area contributed by atoms with Gasteiger partial charge in [0, 0.05) is 50.5 Å². The number of alkyl halides is 3. The highest BCUT2D eigenvalue weighted by molar-refractivity contribution is 5.28. The SMILES string of the molecule is FC(F)(F)c1ccc(C(Cc2ccccn2)N2CCNCC2)cc1. The first-order valence-electron chi connectivity index (χ1n) is 8.06. The maximum absolute atomic E-state index is 12.8. The molecule has 1 aliphatic heterocycles. The largest absolute Gasteiger partial charge is 0.416 e. The van der Waals surface area contributed by atoms with Crippen LogP contribution in [0.25, 0.3) is 0 Å². The van der Waals surface area contributed by atoms with E-state index >= 15 is 0 Å². The summed E-state index contributed by atoms with van der Waals surface area (Å²) in [6, 6.07) is 11.3. The maximum atomic E-state index is 12.8. The van der Waals surface area contributed by atoms with Gasteiger partial charge in [-0.15, -0.1) is 0 Å². The van der Waals surface area contributed by atoms with Gasteiger partial charge in [-0.25, -0.2) is 0 Å². The Kier molecular flexibility index (Phi) is 5.16. The summed E-state index contributed by atoms with van der Waals surface area (Å²) in [6.45, 7) is 3.52. The van der Waals surface area contributed by atoms with Crippen molar-refractivity contribution in [1.29, 1.82) is 0 Å². The standard InChI is InChI=1S/C18H20F3N3/c19-18(20,21)15-6-4-14(5-7-15)17(24-11-9-22-10-12-24)13-16-3-1-2-8-23-16/h1-8,17,22H,9-13H2. The second kappa shape index (κ2) is 7.32. The van der Waals surface area contributed by atoms with Crippen LogP contribution in [0.15, 0.2) is 48.7 Å². The first-order chi connectivity index (χ1) is 11.5. The lowest BCUT2D eigenvalue weighted by atomic mass is 9.98. The van der Waals surface area contributed by atoms with Gasteiger partial charge in [-0.2, -0.15) is 13.2 Å². The van der Waals surface area contributed by atoms with E-state index in [1.807, 2.05) is 18.2 Å². The monoisotopic (exact) mass is 335 g/mol. The highest BCUT2D eigenvalue weighted by atomic mass is 19.4. The van der Waals surface area contributed by atoms with Crippen LogP contribution in [-0.4, -0.2) is 36.1 Å². The average Bonchev–Trinajstić information content (AvgIpc) is 2.61. The van der Waals surface area contributed by atoms with Crippen molar-refractivity contribution in [2.45, 2.75) is 18.6 Å². The topological polar surface area (TPSA) is 28.2 Å². The summed E-state index contributed by atoms with van der Waals surface area (Å²) in [5.41, 5.74) is 1.24. The molecule has 128 valence electrons. The number of piperazine rings is 1. The Morgan fingerprint density at radius 2 is 1.75 bits per heavy atom. The van der Waals surface area contributed by atoms with Crippen molar-refractivity contribution in [2.75, 3.05) is 26.2 Å². The van der Waals surface area contributed by atoms with Gasteiger partial charge in [0.1, 0.15) is 0 Å². The van der Waals surface area contributed by atoms with E-state index in [-0.39, 0.29) is 6.04 Å². The van der Waals surface area contributed by atoms with E-state index in [1.165, 1.54) is 12.1 Å². The molecule has 0 spiro atoms. The Morgan fingerprint density at radius 1 is 1.04 bits per heavy atom. The van der Waals surface area contributed by atoms with Crippen LogP contribution in [0.4, 0.5) is 13.2 Å². The highest BCUT2D eigenvalue weighted by Crippen LogP contribution is 2.31. The number of nitrogens with zero attached hydrogens (tertiary/aromatic N) is 2. The Morgan fingerprint density at radius 3 is 2.33 bits per heavy atom. The summed E-state index contributed by atoms with van der Waals surface area (Å²) in [6.07, 6.45) is -1.87. The minimum atomic E-state index is -4.30. The molecule has 1 saturated heterocycles. The van der Waals surface area contributed by atoms with Crippen LogP contribution in [0, 0.1) is 0 Å². The first-order valence-corrected chi connectivity index (χ1v) is 8.06. The molecule has 1 N–H and O–H groups in total. The van der Waals surface area contributed by atoms with Gasteiger partial charge in [-0.05, 0) is 29.8 Å². The molecule has 24 heavy (non-hydrogen) atoms. The first kappa shape index (κ1) is 16.9. The van der Waals surface area contributed by atoms with Crippen molar-refractivity contribution in [3.05, 3.63) is 65.5 Å². The van der Waals surface area contributed by atoms with Crippen LogP contribution >= 0.6 is 0 Å². The quantitative estimate of drug-likeness (QED) is 0.929. The van der Waals surface area contributed by atoms with E-state index in [1.54, 1.807) is 18.3 Å². The lowest BCUT2D eigenvalue weighted by Crippen LogP contribution is -2.45.